The lowest BCUT2D eigenvalue weighted by Crippen LogP contribution is -2.31. The van der Waals surface area contributed by atoms with Crippen molar-refractivity contribution in [1.82, 2.24) is 4.90 Å². The van der Waals surface area contributed by atoms with E-state index in [2.05, 4.69) is 5.32 Å². The normalized spacial score (nSPS) is 10.2. The molecule has 0 aliphatic rings. The van der Waals surface area contributed by atoms with E-state index in [0.29, 0.717) is 13.1 Å². The molecule has 0 atom stereocenters. The van der Waals surface area contributed by atoms with Crippen molar-refractivity contribution in [3.05, 3.63) is 65.5 Å². The SMILES string of the molecule is CN(Cc1ccccc1CN)C(=O)Nc1ccccc1F. The van der Waals surface area contributed by atoms with Crippen molar-refractivity contribution in [2.24, 2.45) is 5.73 Å². The second kappa shape index (κ2) is 6.85. The highest BCUT2D eigenvalue weighted by Gasteiger charge is 2.12. The molecule has 2 amide bonds. The molecule has 0 saturated heterocycles. The maximum Gasteiger partial charge on any atom is 0.321 e. The minimum Gasteiger partial charge on any atom is -0.326 e. The van der Waals surface area contributed by atoms with Crippen molar-refractivity contribution >= 4 is 11.7 Å². The molecule has 0 aliphatic heterocycles. The Kier molecular flexibility index (Phi) is 4.90. The number of benzene rings is 2. The van der Waals surface area contributed by atoms with Gasteiger partial charge in [-0.15, -0.1) is 0 Å². The predicted molar refractivity (Wildman–Crippen MR) is 81.2 cm³/mol. The molecular formula is C16H18FN3O. The quantitative estimate of drug-likeness (QED) is 0.908. The zero-order valence-corrected chi connectivity index (χ0v) is 11.8. The highest BCUT2D eigenvalue weighted by molar-refractivity contribution is 5.89. The first-order valence-corrected chi connectivity index (χ1v) is 6.65. The van der Waals surface area contributed by atoms with Crippen molar-refractivity contribution in [1.29, 1.82) is 0 Å². The first kappa shape index (κ1) is 15.0. The molecule has 0 bridgehead atoms. The third-order valence-corrected chi connectivity index (χ3v) is 3.21. The maximum absolute atomic E-state index is 13.5. The van der Waals surface area contributed by atoms with Gasteiger partial charge in [-0.05, 0) is 23.3 Å². The summed E-state index contributed by atoms with van der Waals surface area (Å²) in [7, 11) is 1.66. The lowest BCUT2D eigenvalue weighted by molar-refractivity contribution is 0.220. The van der Waals surface area contributed by atoms with Crippen LogP contribution in [0.2, 0.25) is 0 Å². The molecule has 0 heterocycles. The van der Waals surface area contributed by atoms with Gasteiger partial charge in [0, 0.05) is 20.1 Å². The average molecular weight is 287 g/mol. The summed E-state index contributed by atoms with van der Waals surface area (Å²) < 4.78 is 13.5. The van der Waals surface area contributed by atoms with Crippen molar-refractivity contribution in [3.63, 3.8) is 0 Å². The lowest BCUT2D eigenvalue weighted by Gasteiger charge is -2.19. The van der Waals surface area contributed by atoms with Gasteiger partial charge in [0.15, 0.2) is 0 Å². The number of nitrogens with two attached hydrogens (primary N) is 1. The van der Waals surface area contributed by atoms with Crippen molar-refractivity contribution < 1.29 is 9.18 Å². The number of carbonyl (C=O) groups excluding carboxylic acids is 1. The second-order valence-electron chi connectivity index (χ2n) is 4.74. The van der Waals surface area contributed by atoms with E-state index in [1.54, 1.807) is 19.2 Å². The number of nitrogens with zero attached hydrogens (tertiary/aromatic N) is 1. The molecule has 2 rings (SSSR count). The van der Waals surface area contributed by atoms with Crippen LogP contribution >= 0.6 is 0 Å². The highest BCUT2D eigenvalue weighted by atomic mass is 19.1. The minimum absolute atomic E-state index is 0.168. The van der Waals surface area contributed by atoms with Crippen LogP contribution in [0.5, 0.6) is 0 Å². The summed E-state index contributed by atoms with van der Waals surface area (Å²) in [6, 6.07) is 13.4. The molecule has 0 fully saturated rings. The van der Waals surface area contributed by atoms with E-state index in [1.807, 2.05) is 24.3 Å². The Balaban J connectivity index is 2.05. The number of anilines is 1. The first-order valence-electron chi connectivity index (χ1n) is 6.65. The van der Waals surface area contributed by atoms with Crippen molar-refractivity contribution in [3.8, 4) is 0 Å². The van der Waals surface area contributed by atoms with Gasteiger partial charge < -0.3 is 16.0 Å². The van der Waals surface area contributed by atoms with Crippen LogP contribution in [0.1, 0.15) is 11.1 Å². The van der Waals surface area contributed by atoms with Gasteiger partial charge in [0.05, 0.1) is 5.69 Å². The molecule has 2 aromatic rings. The van der Waals surface area contributed by atoms with Crippen LogP contribution < -0.4 is 11.1 Å². The summed E-state index contributed by atoms with van der Waals surface area (Å²) in [5, 5.41) is 2.55. The molecule has 2 aromatic carbocycles. The second-order valence-corrected chi connectivity index (χ2v) is 4.74. The highest BCUT2D eigenvalue weighted by Crippen LogP contribution is 2.14. The van der Waals surface area contributed by atoms with Crippen molar-refractivity contribution in [2.45, 2.75) is 13.1 Å². The molecule has 0 unspecified atom stereocenters. The molecular weight excluding hydrogens is 269 g/mol. The number of amides is 2. The van der Waals surface area contributed by atoms with Crippen LogP contribution in [0.25, 0.3) is 0 Å². The summed E-state index contributed by atoms with van der Waals surface area (Å²) in [5.41, 5.74) is 7.81. The van der Waals surface area contributed by atoms with Gasteiger partial charge in [-0.2, -0.15) is 0 Å². The van der Waals surface area contributed by atoms with E-state index in [1.165, 1.54) is 17.0 Å². The summed E-state index contributed by atoms with van der Waals surface area (Å²) in [6.07, 6.45) is 0. The van der Waals surface area contributed by atoms with E-state index in [0.717, 1.165) is 11.1 Å². The summed E-state index contributed by atoms with van der Waals surface area (Å²) in [4.78, 5) is 13.6. The Morgan fingerprint density at radius 3 is 2.43 bits per heavy atom. The van der Waals surface area contributed by atoms with E-state index >= 15 is 0 Å². The number of hydrogen-bond acceptors (Lipinski definition) is 2. The molecule has 0 spiro atoms. The van der Waals surface area contributed by atoms with Gasteiger partial charge in [0.2, 0.25) is 0 Å². The molecule has 0 saturated carbocycles. The maximum atomic E-state index is 13.5. The van der Waals surface area contributed by atoms with E-state index < -0.39 is 5.82 Å². The standard InChI is InChI=1S/C16H18FN3O/c1-20(11-13-7-3-2-6-12(13)10-18)16(21)19-15-9-5-4-8-14(15)17/h2-9H,10-11,18H2,1H3,(H,19,21). The first-order chi connectivity index (χ1) is 10.1. The smallest absolute Gasteiger partial charge is 0.321 e. The van der Waals surface area contributed by atoms with Crippen LogP contribution in [0, 0.1) is 5.82 Å². The molecule has 0 aromatic heterocycles. The van der Waals surface area contributed by atoms with E-state index in [4.69, 9.17) is 5.73 Å². The molecule has 5 heteroatoms. The third kappa shape index (κ3) is 3.79. The molecule has 21 heavy (non-hydrogen) atoms. The number of halogens is 1. The van der Waals surface area contributed by atoms with Gasteiger partial charge in [-0.25, -0.2) is 9.18 Å². The largest absolute Gasteiger partial charge is 0.326 e. The van der Waals surface area contributed by atoms with Gasteiger partial charge in [-0.1, -0.05) is 36.4 Å². The van der Waals surface area contributed by atoms with Crippen LogP contribution in [0.3, 0.4) is 0 Å². The Bertz CT molecular complexity index is 630. The fourth-order valence-electron chi connectivity index (χ4n) is 2.01. The van der Waals surface area contributed by atoms with Crippen LogP contribution in [0.15, 0.2) is 48.5 Å². The van der Waals surface area contributed by atoms with Gasteiger partial charge in [0.1, 0.15) is 5.82 Å². The van der Waals surface area contributed by atoms with Crippen LogP contribution in [0.4, 0.5) is 14.9 Å². The monoisotopic (exact) mass is 287 g/mol. The predicted octanol–water partition coefficient (Wildman–Crippen LogP) is 2.95. The number of rotatable bonds is 4. The van der Waals surface area contributed by atoms with Crippen LogP contribution in [-0.4, -0.2) is 18.0 Å². The van der Waals surface area contributed by atoms with Crippen LogP contribution in [-0.2, 0) is 13.1 Å². The Hall–Kier alpha value is -2.40. The fourth-order valence-corrected chi connectivity index (χ4v) is 2.01. The molecule has 3 N–H and O–H groups in total. The zero-order valence-electron chi connectivity index (χ0n) is 11.8. The zero-order chi connectivity index (χ0) is 15.2. The van der Waals surface area contributed by atoms with Gasteiger partial charge in [0.25, 0.3) is 0 Å². The number of nitrogens with one attached hydrogen (secondary N) is 1. The summed E-state index contributed by atoms with van der Waals surface area (Å²) in [5.74, 6) is -0.457. The summed E-state index contributed by atoms with van der Waals surface area (Å²) >= 11 is 0. The lowest BCUT2D eigenvalue weighted by atomic mass is 10.1. The van der Waals surface area contributed by atoms with E-state index in [9.17, 15) is 9.18 Å². The fraction of sp³-hybridized carbons (Fsp3) is 0.188. The number of hydrogen-bond donors (Lipinski definition) is 2. The Morgan fingerprint density at radius 1 is 1.14 bits per heavy atom. The number of urea groups is 1. The van der Waals surface area contributed by atoms with Gasteiger partial charge in [-0.3, -0.25) is 0 Å². The van der Waals surface area contributed by atoms with Crippen molar-refractivity contribution in [2.75, 3.05) is 12.4 Å². The average Bonchev–Trinajstić information content (AvgIpc) is 2.50. The summed E-state index contributed by atoms with van der Waals surface area (Å²) in [6.45, 7) is 0.826. The Labute approximate surface area is 123 Å². The number of carbonyl (C=O) groups is 1. The minimum atomic E-state index is -0.457. The topological polar surface area (TPSA) is 58.4 Å². The molecule has 0 radical (unpaired) electrons. The third-order valence-electron chi connectivity index (χ3n) is 3.21. The molecule has 4 nitrogen and oxygen atoms in total. The van der Waals surface area contributed by atoms with E-state index in [-0.39, 0.29) is 11.7 Å². The Morgan fingerprint density at radius 2 is 1.76 bits per heavy atom. The number of para-hydroxylation sites is 1. The van der Waals surface area contributed by atoms with Gasteiger partial charge >= 0.3 is 6.03 Å². The molecule has 110 valence electrons. The molecule has 0 aliphatic carbocycles.